The van der Waals surface area contributed by atoms with Gasteiger partial charge in [0.1, 0.15) is 22.8 Å². The predicted molar refractivity (Wildman–Crippen MR) is 115 cm³/mol. The van der Waals surface area contributed by atoms with Crippen LogP contribution < -0.4 is 5.32 Å². The maximum atomic E-state index is 13.1. The molecule has 0 spiro atoms. The van der Waals surface area contributed by atoms with Crippen molar-refractivity contribution in [1.82, 2.24) is 10.3 Å². The number of phenolic OH excluding ortho intramolecular Hbond substituents is 1. The van der Waals surface area contributed by atoms with Crippen LogP contribution in [0.1, 0.15) is 53.9 Å². The number of nitrogens with one attached hydrogen (secondary N) is 1. The highest BCUT2D eigenvalue weighted by atomic mass is 35.5. The third-order valence-electron chi connectivity index (χ3n) is 5.78. The number of nitrogens with zero attached hydrogens (tertiary/aromatic N) is 1. The third kappa shape index (κ3) is 5.47. The maximum absolute atomic E-state index is 13.1. The fourth-order valence-corrected chi connectivity index (χ4v) is 3.69. The van der Waals surface area contributed by atoms with Gasteiger partial charge >= 0.3 is 6.18 Å². The number of Topliss-reactive ketones (excluding diaryl/α,β-unsaturated/α-hetero) is 1. The summed E-state index contributed by atoms with van der Waals surface area (Å²) in [5.41, 5.74) is -1.88. The highest BCUT2D eigenvalue weighted by Crippen LogP contribution is 2.49. The van der Waals surface area contributed by atoms with Crippen LogP contribution in [-0.4, -0.2) is 45.2 Å². The van der Waals surface area contributed by atoms with Crippen molar-refractivity contribution < 1.29 is 33.0 Å². The molecule has 1 saturated carbocycles. The summed E-state index contributed by atoms with van der Waals surface area (Å²) >= 11 is 6.28. The number of aliphatic hydroxyl groups excluding tert-OH is 1. The van der Waals surface area contributed by atoms with Gasteiger partial charge in [-0.1, -0.05) is 25.4 Å². The zero-order valence-corrected chi connectivity index (χ0v) is 18.8. The number of aromatic nitrogens is 1. The first kappa shape index (κ1) is 25.0. The Kier molecular flexibility index (Phi) is 6.77. The molecule has 3 N–H and O–H groups in total. The first-order valence-corrected chi connectivity index (χ1v) is 10.6. The molecule has 0 bridgehead atoms. The molecule has 10 heteroatoms. The van der Waals surface area contributed by atoms with Gasteiger partial charge in [0.25, 0.3) is 5.91 Å². The maximum Gasteiger partial charge on any atom is 0.411 e. The van der Waals surface area contributed by atoms with E-state index in [-0.39, 0.29) is 54.5 Å². The minimum Gasteiger partial charge on any atom is -0.508 e. The lowest BCUT2D eigenvalue weighted by Crippen LogP contribution is -2.48. The number of amides is 1. The Bertz CT molecular complexity index is 1080. The fraction of sp³-hybridized carbons (Fsp3) is 0.435. The number of aromatic hydroxyl groups is 1. The van der Waals surface area contributed by atoms with Crippen LogP contribution >= 0.6 is 11.6 Å². The molecular formula is C23H24ClF3N2O4. The third-order valence-corrected chi connectivity index (χ3v) is 6.13. The smallest absolute Gasteiger partial charge is 0.411 e. The van der Waals surface area contributed by atoms with Gasteiger partial charge < -0.3 is 15.5 Å². The van der Waals surface area contributed by atoms with Crippen molar-refractivity contribution >= 4 is 23.3 Å². The van der Waals surface area contributed by atoms with E-state index in [1.54, 1.807) is 13.8 Å². The Morgan fingerprint density at radius 2 is 1.85 bits per heavy atom. The summed E-state index contributed by atoms with van der Waals surface area (Å²) in [4.78, 5) is 28.7. The van der Waals surface area contributed by atoms with Gasteiger partial charge in [0.15, 0.2) is 0 Å². The van der Waals surface area contributed by atoms with E-state index in [0.29, 0.717) is 16.7 Å². The number of carbonyl (C=O) groups is 2. The first-order valence-electron chi connectivity index (χ1n) is 10.3. The average Bonchev–Trinajstić information content (AvgIpc) is 3.51. The van der Waals surface area contributed by atoms with Crippen LogP contribution in [0.3, 0.4) is 0 Å². The normalized spacial score (nSPS) is 15.2. The largest absolute Gasteiger partial charge is 0.508 e. The molecule has 1 fully saturated rings. The van der Waals surface area contributed by atoms with Gasteiger partial charge in [0, 0.05) is 35.0 Å². The molecule has 0 aliphatic heterocycles. The van der Waals surface area contributed by atoms with Crippen LogP contribution in [0.25, 0.3) is 0 Å². The number of aliphatic hydroxyl groups is 1. The van der Waals surface area contributed by atoms with E-state index >= 15 is 0 Å². The molecule has 1 aromatic carbocycles. The molecule has 3 rings (SSSR count). The number of halogens is 4. The Morgan fingerprint density at radius 1 is 1.18 bits per heavy atom. The van der Waals surface area contributed by atoms with Crippen LogP contribution in [0.15, 0.2) is 30.5 Å². The monoisotopic (exact) mass is 484 g/mol. The number of carbonyl (C=O) groups excluding carboxylic acids is 2. The number of hydrogen-bond donors (Lipinski definition) is 3. The minimum atomic E-state index is -4.54. The summed E-state index contributed by atoms with van der Waals surface area (Å²) in [7, 11) is 0. The lowest BCUT2D eigenvalue weighted by Gasteiger charge is -2.24. The molecule has 0 atom stereocenters. The second-order valence-corrected chi connectivity index (χ2v) is 9.39. The van der Waals surface area contributed by atoms with E-state index < -0.39 is 23.0 Å². The van der Waals surface area contributed by atoms with Gasteiger partial charge in [-0.2, -0.15) is 13.2 Å². The molecule has 1 heterocycles. The number of pyridine rings is 1. The van der Waals surface area contributed by atoms with E-state index in [1.807, 2.05) is 5.32 Å². The molecule has 6 nitrogen and oxygen atoms in total. The SMILES string of the molecule is CC(C)(CO)c1cc(Cl)c(CC(=O)Cc2ccnc(C(=O)NC3(C(F)(F)F)CC3)c2)cc1O. The summed E-state index contributed by atoms with van der Waals surface area (Å²) in [5.74, 6) is -1.33. The Balaban J connectivity index is 1.69. The average molecular weight is 485 g/mol. The molecule has 1 aliphatic carbocycles. The number of hydrogen-bond acceptors (Lipinski definition) is 5. The van der Waals surface area contributed by atoms with Crippen molar-refractivity contribution in [3.63, 3.8) is 0 Å². The van der Waals surface area contributed by atoms with Crippen molar-refractivity contribution in [3.05, 3.63) is 57.9 Å². The van der Waals surface area contributed by atoms with E-state index in [1.165, 1.54) is 30.5 Å². The highest BCUT2D eigenvalue weighted by Gasteiger charge is 2.64. The zero-order valence-electron chi connectivity index (χ0n) is 18.1. The fourth-order valence-electron chi connectivity index (χ4n) is 3.46. The van der Waals surface area contributed by atoms with E-state index in [0.717, 1.165) is 0 Å². The van der Waals surface area contributed by atoms with Gasteiger partial charge in [-0.15, -0.1) is 0 Å². The number of phenols is 1. The van der Waals surface area contributed by atoms with Gasteiger partial charge in [0.05, 0.1) is 6.61 Å². The van der Waals surface area contributed by atoms with Crippen LogP contribution in [0, 0.1) is 0 Å². The standard InChI is InChI=1S/C23H24ClF3N2O4/c1-21(2,12-30)16-11-17(24)14(10-19(16)32)9-15(31)7-13-3-6-28-18(8-13)20(33)29-22(4-5-22)23(25,26)27/h3,6,8,10-11,30,32H,4-5,7,9,12H2,1-2H3,(H,29,33). The van der Waals surface area contributed by atoms with Gasteiger partial charge in [-0.25, -0.2) is 0 Å². The topological polar surface area (TPSA) is 99.5 Å². The minimum absolute atomic E-state index is 0.0946. The molecule has 1 amide bonds. The number of alkyl halides is 3. The van der Waals surface area contributed by atoms with Gasteiger partial charge in [0.2, 0.25) is 0 Å². The van der Waals surface area contributed by atoms with Crippen LogP contribution in [0.2, 0.25) is 5.02 Å². The summed E-state index contributed by atoms with van der Waals surface area (Å²) in [6, 6.07) is 5.67. The number of rotatable bonds is 8. The molecule has 1 aliphatic rings. The zero-order chi connectivity index (χ0) is 24.6. The van der Waals surface area contributed by atoms with Crippen LogP contribution in [-0.2, 0) is 23.1 Å². The number of ketones is 1. The van der Waals surface area contributed by atoms with E-state index in [4.69, 9.17) is 11.6 Å². The lowest BCUT2D eigenvalue weighted by atomic mass is 9.84. The molecule has 178 valence electrons. The lowest BCUT2D eigenvalue weighted by molar-refractivity contribution is -0.163. The molecular weight excluding hydrogens is 461 g/mol. The second kappa shape index (κ2) is 8.95. The van der Waals surface area contributed by atoms with Crippen molar-refractivity contribution in [3.8, 4) is 5.75 Å². The predicted octanol–water partition coefficient (Wildman–Crippen LogP) is 3.89. The molecule has 2 aromatic rings. The number of benzene rings is 1. The molecule has 0 unspecified atom stereocenters. The summed E-state index contributed by atoms with van der Waals surface area (Å²) < 4.78 is 39.2. The summed E-state index contributed by atoms with van der Waals surface area (Å²) in [6.07, 6.45) is -3.84. The van der Waals surface area contributed by atoms with Gasteiger partial charge in [-0.3, -0.25) is 14.6 Å². The van der Waals surface area contributed by atoms with Crippen molar-refractivity contribution in [2.75, 3.05) is 6.61 Å². The van der Waals surface area contributed by atoms with Crippen LogP contribution in [0.4, 0.5) is 13.2 Å². The van der Waals surface area contributed by atoms with Crippen molar-refractivity contribution in [2.24, 2.45) is 0 Å². The van der Waals surface area contributed by atoms with Crippen molar-refractivity contribution in [1.29, 1.82) is 0 Å². The Hall–Kier alpha value is -2.65. The molecule has 0 saturated heterocycles. The molecule has 0 radical (unpaired) electrons. The van der Waals surface area contributed by atoms with Gasteiger partial charge in [-0.05, 0) is 48.2 Å². The Morgan fingerprint density at radius 3 is 2.42 bits per heavy atom. The molecule has 1 aromatic heterocycles. The summed E-state index contributed by atoms with van der Waals surface area (Å²) in [6.45, 7) is 3.26. The second-order valence-electron chi connectivity index (χ2n) is 8.98. The summed E-state index contributed by atoms with van der Waals surface area (Å²) in [5, 5.41) is 22.1. The quantitative estimate of drug-likeness (QED) is 0.528. The molecule has 33 heavy (non-hydrogen) atoms. The highest BCUT2D eigenvalue weighted by molar-refractivity contribution is 6.31. The Labute approximate surface area is 193 Å². The van der Waals surface area contributed by atoms with Crippen LogP contribution in [0.5, 0.6) is 5.75 Å². The van der Waals surface area contributed by atoms with E-state index in [2.05, 4.69) is 4.98 Å². The van der Waals surface area contributed by atoms with Crippen molar-refractivity contribution in [2.45, 2.75) is 56.7 Å². The first-order chi connectivity index (χ1) is 15.3. The van der Waals surface area contributed by atoms with E-state index in [9.17, 15) is 33.0 Å².